The third-order valence-electron chi connectivity index (χ3n) is 9.09. The number of carbonyl (C=O) groups is 1. The monoisotopic (exact) mass is 754 g/mol. The van der Waals surface area contributed by atoms with Crippen molar-refractivity contribution in [1.29, 1.82) is 0 Å². The minimum absolute atomic E-state index is 0.0517. The largest absolute Gasteiger partial charge is 0.472 e. The fraction of sp³-hybridized carbons (Fsp3) is 0.791. The minimum atomic E-state index is -4.34. The topological polar surface area (TPSA) is 105 Å². The number of allylic oxidation sites excluding steroid dienone is 7. The molecule has 0 heterocycles. The summed E-state index contributed by atoms with van der Waals surface area (Å²) in [6.45, 7) is 4.53. The number of phosphoric ester groups is 1. The van der Waals surface area contributed by atoms with Crippen molar-refractivity contribution in [2.45, 2.75) is 180 Å². The first kappa shape index (κ1) is 50.5. The number of amides is 1. The summed E-state index contributed by atoms with van der Waals surface area (Å²) < 4.78 is 23.4. The lowest BCUT2D eigenvalue weighted by molar-refractivity contribution is -0.870. The standard InChI is InChI=1S/C43H81N2O6P/c1-6-8-10-12-14-16-17-18-19-20-21-22-23-24-25-26-27-29-31-33-35-37-43(47)44-41(40-51-52(48,49)50-39-38-45(3,4)5)42(46)36-34-32-30-28-15-13-11-9-7-2/h7,9,15,20-21,28,34,36,41-42,46H,6,8,10-14,16-19,22-27,29-33,35,37-40H2,1-5H3,(H-,44,47,48,49)/p+1/b9-7+,21-20-,28-15+,36-34+. The van der Waals surface area contributed by atoms with Gasteiger partial charge in [-0.2, -0.15) is 0 Å². The number of hydrogen-bond donors (Lipinski definition) is 3. The van der Waals surface area contributed by atoms with Crippen LogP contribution in [0.5, 0.6) is 0 Å². The predicted octanol–water partition coefficient (Wildman–Crippen LogP) is 11.3. The number of likely N-dealkylation sites (N-methyl/N-ethyl adjacent to an activating group) is 1. The van der Waals surface area contributed by atoms with Gasteiger partial charge in [-0.15, -0.1) is 0 Å². The van der Waals surface area contributed by atoms with Crippen molar-refractivity contribution in [2.24, 2.45) is 0 Å². The van der Waals surface area contributed by atoms with Crippen LogP contribution in [0.25, 0.3) is 0 Å². The lowest BCUT2D eigenvalue weighted by atomic mass is 10.0. The van der Waals surface area contributed by atoms with E-state index >= 15 is 0 Å². The van der Waals surface area contributed by atoms with Crippen LogP contribution < -0.4 is 5.32 Å². The van der Waals surface area contributed by atoms with Gasteiger partial charge in [0.15, 0.2) is 0 Å². The normalized spacial score (nSPS) is 15.0. The van der Waals surface area contributed by atoms with E-state index in [2.05, 4.69) is 42.6 Å². The van der Waals surface area contributed by atoms with E-state index in [-0.39, 0.29) is 19.1 Å². The third kappa shape index (κ3) is 36.8. The van der Waals surface area contributed by atoms with Gasteiger partial charge in [-0.3, -0.25) is 13.8 Å². The molecular formula is C43H82N2O6P+. The number of quaternary nitrogens is 1. The van der Waals surface area contributed by atoms with Crippen molar-refractivity contribution < 1.29 is 32.9 Å². The first-order chi connectivity index (χ1) is 25.0. The van der Waals surface area contributed by atoms with E-state index in [1.54, 1.807) is 6.08 Å². The highest BCUT2D eigenvalue weighted by Gasteiger charge is 2.27. The van der Waals surface area contributed by atoms with Crippen molar-refractivity contribution in [3.05, 3.63) is 48.6 Å². The molecular weight excluding hydrogens is 671 g/mol. The Morgan fingerprint density at radius 2 is 1.13 bits per heavy atom. The Morgan fingerprint density at radius 1 is 0.673 bits per heavy atom. The number of carbonyl (C=O) groups excluding carboxylic acids is 1. The number of aliphatic hydroxyl groups excluding tert-OH is 1. The smallest absolute Gasteiger partial charge is 0.387 e. The SMILES string of the molecule is C/C=C/CC/C=C/CC/C=C/C(O)C(COP(=O)(O)OCC[N+](C)(C)C)NC(=O)CCCCCCCCCCC/C=C\CCCCCCCCCC. The summed E-state index contributed by atoms with van der Waals surface area (Å²) in [5, 5.41) is 13.7. The van der Waals surface area contributed by atoms with Gasteiger partial charge in [-0.05, 0) is 64.7 Å². The van der Waals surface area contributed by atoms with Gasteiger partial charge >= 0.3 is 7.82 Å². The molecule has 0 aliphatic rings. The third-order valence-corrected chi connectivity index (χ3v) is 10.1. The van der Waals surface area contributed by atoms with Crippen LogP contribution in [-0.4, -0.2) is 73.4 Å². The molecule has 0 radical (unpaired) electrons. The Labute approximate surface area is 320 Å². The first-order valence-corrected chi connectivity index (χ1v) is 22.5. The molecule has 0 fully saturated rings. The Hall–Kier alpha value is -1.54. The van der Waals surface area contributed by atoms with Crippen molar-refractivity contribution >= 4 is 13.7 Å². The number of rotatable bonds is 37. The highest BCUT2D eigenvalue weighted by atomic mass is 31.2. The molecule has 304 valence electrons. The van der Waals surface area contributed by atoms with Gasteiger partial charge in [0.2, 0.25) is 5.91 Å². The number of hydrogen-bond acceptors (Lipinski definition) is 5. The van der Waals surface area contributed by atoms with Crippen LogP contribution in [0.3, 0.4) is 0 Å². The molecule has 0 aliphatic carbocycles. The lowest BCUT2D eigenvalue weighted by Crippen LogP contribution is -2.45. The second kappa shape index (κ2) is 35.2. The summed E-state index contributed by atoms with van der Waals surface area (Å²) >= 11 is 0. The fourth-order valence-electron chi connectivity index (χ4n) is 5.72. The molecule has 0 aromatic rings. The molecule has 0 aromatic heterocycles. The second-order valence-corrected chi connectivity index (χ2v) is 16.8. The number of nitrogens with one attached hydrogen (secondary N) is 1. The van der Waals surface area contributed by atoms with E-state index in [9.17, 15) is 19.4 Å². The molecule has 3 atom stereocenters. The van der Waals surface area contributed by atoms with E-state index in [1.807, 2.05) is 40.2 Å². The molecule has 9 heteroatoms. The van der Waals surface area contributed by atoms with E-state index in [4.69, 9.17) is 9.05 Å². The zero-order chi connectivity index (χ0) is 38.6. The molecule has 3 N–H and O–H groups in total. The Bertz CT molecular complexity index is 991. The molecule has 0 aromatic carbocycles. The van der Waals surface area contributed by atoms with Crippen LogP contribution in [0.1, 0.15) is 168 Å². The van der Waals surface area contributed by atoms with Gasteiger partial charge in [0, 0.05) is 6.42 Å². The molecule has 52 heavy (non-hydrogen) atoms. The Balaban J connectivity index is 4.31. The maximum atomic E-state index is 12.8. The molecule has 1 amide bonds. The summed E-state index contributed by atoms with van der Waals surface area (Å²) in [6, 6.07) is -0.868. The van der Waals surface area contributed by atoms with Crippen molar-refractivity contribution in [3.8, 4) is 0 Å². The van der Waals surface area contributed by atoms with Crippen molar-refractivity contribution in [2.75, 3.05) is 40.9 Å². The average molecular weight is 754 g/mol. The highest BCUT2D eigenvalue weighted by molar-refractivity contribution is 7.47. The lowest BCUT2D eigenvalue weighted by Gasteiger charge is -2.25. The Kier molecular flexibility index (Phi) is 34.1. The van der Waals surface area contributed by atoms with Gasteiger partial charge in [-0.25, -0.2) is 4.57 Å². The quantitative estimate of drug-likeness (QED) is 0.0252. The summed E-state index contributed by atoms with van der Waals surface area (Å²) in [5.41, 5.74) is 0. The van der Waals surface area contributed by atoms with Gasteiger partial charge in [0.1, 0.15) is 13.2 Å². The molecule has 8 nitrogen and oxygen atoms in total. The van der Waals surface area contributed by atoms with Crippen LogP contribution in [-0.2, 0) is 18.4 Å². The van der Waals surface area contributed by atoms with Gasteiger partial charge < -0.3 is 19.8 Å². The Morgan fingerprint density at radius 3 is 1.65 bits per heavy atom. The van der Waals surface area contributed by atoms with Crippen LogP contribution in [0.4, 0.5) is 0 Å². The van der Waals surface area contributed by atoms with Crippen LogP contribution in [0, 0.1) is 0 Å². The average Bonchev–Trinajstić information content (AvgIpc) is 3.09. The molecule has 0 aliphatic heterocycles. The fourth-order valence-corrected chi connectivity index (χ4v) is 6.46. The summed E-state index contributed by atoms with van der Waals surface area (Å²) in [7, 11) is 1.54. The summed E-state index contributed by atoms with van der Waals surface area (Å²) in [4.78, 5) is 23.0. The molecule has 0 rings (SSSR count). The van der Waals surface area contributed by atoms with Crippen molar-refractivity contribution in [1.82, 2.24) is 5.32 Å². The zero-order valence-electron chi connectivity index (χ0n) is 34.3. The van der Waals surface area contributed by atoms with E-state index < -0.39 is 20.0 Å². The summed E-state index contributed by atoms with van der Waals surface area (Å²) in [6.07, 6.45) is 43.5. The van der Waals surface area contributed by atoms with Gasteiger partial charge in [0.25, 0.3) is 0 Å². The maximum absolute atomic E-state index is 12.8. The predicted molar refractivity (Wildman–Crippen MR) is 221 cm³/mol. The number of unbranched alkanes of at least 4 members (excludes halogenated alkanes) is 19. The molecule has 0 saturated carbocycles. The molecule has 3 unspecified atom stereocenters. The number of aliphatic hydroxyl groups is 1. The van der Waals surface area contributed by atoms with E-state index in [0.717, 1.165) is 44.9 Å². The molecule has 0 spiro atoms. The van der Waals surface area contributed by atoms with Gasteiger partial charge in [-0.1, -0.05) is 145 Å². The van der Waals surface area contributed by atoms with Gasteiger partial charge in [0.05, 0.1) is 39.9 Å². The van der Waals surface area contributed by atoms with Crippen molar-refractivity contribution in [3.63, 3.8) is 0 Å². The first-order valence-electron chi connectivity index (χ1n) is 21.0. The molecule has 0 saturated heterocycles. The van der Waals surface area contributed by atoms with Crippen LogP contribution in [0.2, 0.25) is 0 Å². The van der Waals surface area contributed by atoms with E-state index in [1.165, 1.54) is 103 Å². The van der Waals surface area contributed by atoms with Crippen LogP contribution >= 0.6 is 7.82 Å². The number of nitrogens with zero attached hydrogens (tertiary/aromatic N) is 1. The zero-order valence-corrected chi connectivity index (χ0v) is 35.2. The van der Waals surface area contributed by atoms with E-state index in [0.29, 0.717) is 17.4 Å². The minimum Gasteiger partial charge on any atom is -0.387 e. The highest BCUT2D eigenvalue weighted by Crippen LogP contribution is 2.43. The van der Waals surface area contributed by atoms with Crippen LogP contribution in [0.15, 0.2) is 48.6 Å². The summed E-state index contributed by atoms with van der Waals surface area (Å²) in [5.74, 6) is -0.198. The second-order valence-electron chi connectivity index (χ2n) is 15.4. The molecule has 0 bridgehead atoms. The number of phosphoric acid groups is 1. The maximum Gasteiger partial charge on any atom is 0.472 e.